The van der Waals surface area contributed by atoms with Gasteiger partial charge < -0.3 is 14.6 Å². The van der Waals surface area contributed by atoms with Gasteiger partial charge in [0.2, 0.25) is 0 Å². The zero-order chi connectivity index (χ0) is 16.9. The highest BCUT2D eigenvalue weighted by molar-refractivity contribution is 6.02. The van der Waals surface area contributed by atoms with Crippen molar-refractivity contribution in [1.29, 1.82) is 0 Å². The van der Waals surface area contributed by atoms with Crippen molar-refractivity contribution in [3.8, 4) is 17.1 Å². The van der Waals surface area contributed by atoms with Gasteiger partial charge in [-0.1, -0.05) is 11.2 Å². The number of amides is 1. The van der Waals surface area contributed by atoms with Crippen LogP contribution in [0.25, 0.3) is 11.3 Å². The van der Waals surface area contributed by atoms with Crippen LogP contribution in [0.2, 0.25) is 0 Å². The van der Waals surface area contributed by atoms with Gasteiger partial charge in [0.1, 0.15) is 11.6 Å². The van der Waals surface area contributed by atoms with E-state index in [1.807, 2.05) is 50.2 Å². The van der Waals surface area contributed by atoms with E-state index < -0.39 is 0 Å². The molecule has 2 heterocycles. The van der Waals surface area contributed by atoms with Crippen LogP contribution in [0.15, 0.2) is 53.1 Å². The smallest absolute Gasteiger partial charge is 0.279 e. The summed E-state index contributed by atoms with van der Waals surface area (Å²) in [5.74, 6) is 1.41. The van der Waals surface area contributed by atoms with E-state index in [0.29, 0.717) is 18.2 Å². The van der Waals surface area contributed by atoms with E-state index >= 15 is 0 Å². The molecule has 6 nitrogen and oxygen atoms in total. The molecular weight excluding hydrogens is 306 g/mol. The number of benzene rings is 1. The lowest BCUT2D eigenvalue weighted by molar-refractivity contribution is 0.101. The van der Waals surface area contributed by atoms with E-state index in [4.69, 9.17) is 9.26 Å². The zero-order valence-corrected chi connectivity index (χ0v) is 13.4. The normalized spacial score (nSPS) is 10.4. The number of carbonyl (C=O) groups excluding carboxylic acids is 1. The summed E-state index contributed by atoms with van der Waals surface area (Å²) in [7, 11) is 0. The van der Waals surface area contributed by atoms with Crippen molar-refractivity contribution in [1.82, 2.24) is 10.1 Å². The van der Waals surface area contributed by atoms with Crippen molar-refractivity contribution in [2.24, 2.45) is 0 Å². The minimum Gasteiger partial charge on any atom is -0.494 e. The Morgan fingerprint density at radius 2 is 2.00 bits per heavy atom. The molecule has 0 fully saturated rings. The largest absolute Gasteiger partial charge is 0.494 e. The van der Waals surface area contributed by atoms with Gasteiger partial charge in [-0.15, -0.1) is 0 Å². The number of pyridine rings is 1. The van der Waals surface area contributed by atoms with Crippen LogP contribution < -0.4 is 10.1 Å². The topological polar surface area (TPSA) is 77.2 Å². The van der Waals surface area contributed by atoms with Gasteiger partial charge in [-0.25, -0.2) is 4.98 Å². The molecule has 0 atom stereocenters. The van der Waals surface area contributed by atoms with Crippen LogP contribution in [-0.4, -0.2) is 22.7 Å². The molecule has 24 heavy (non-hydrogen) atoms. The van der Waals surface area contributed by atoms with Gasteiger partial charge in [-0.3, -0.25) is 4.79 Å². The third-order valence-corrected chi connectivity index (χ3v) is 3.32. The second-order valence-electron chi connectivity index (χ2n) is 5.15. The van der Waals surface area contributed by atoms with Crippen molar-refractivity contribution in [3.05, 3.63) is 59.9 Å². The van der Waals surface area contributed by atoms with Crippen LogP contribution >= 0.6 is 0 Å². The summed E-state index contributed by atoms with van der Waals surface area (Å²) in [4.78, 5) is 16.4. The number of aromatic nitrogens is 2. The van der Waals surface area contributed by atoms with Gasteiger partial charge in [-0.05, 0) is 50.2 Å². The Kier molecular flexibility index (Phi) is 4.56. The number of ether oxygens (including phenoxy) is 1. The van der Waals surface area contributed by atoms with Crippen LogP contribution in [-0.2, 0) is 0 Å². The molecule has 3 rings (SSSR count). The minimum atomic E-state index is -0.367. The molecule has 122 valence electrons. The first kappa shape index (κ1) is 15.7. The van der Waals surface area contributed by atoms with Gasteiger partial charge in [0.15, 0.2) is 11.5 Å². The number of carbonyl (C=O) groups is 1. The quantitative estimate of drug-likeness (QED) is 0.774. The fourth-order valence-corrected chi connectivity index (χ4v) is 2.19. The molecule has 0 spiro atoms. The van der Waals surface area contributed by atoms with E-state index in [1.165, 1.54) is 0 Å². The standard InChI is InChI=1S/C18H17N3O3/c1-3-23-14-9-7-13(8-10-14)16-11-15(21-24-16)18(22)20-17-6-4-5-12(2)19-17/h4-11H,3H2,1-2H3,(H,19,20,22). The lowest BCUT2D eigenvalue weighted by Crippen LogP contribution is -2.13. The van der Waals surface area contributed by atoms with Gasteiger partial charge in [0.05, 0.1) is 6.61 Å². The number of aryl methyl sites for hydroxylation is 1. The van der Waals surface area contributed by atoms with Crippen LogP contribution in [0.4, 0.5) is 5.82 Å². The number of hydrogen-bond acceptors (Lipinski definition) is 5. The van der Waals surface area contributed by atoms with Crippen LogP contribution in [0.3, 0.4) is 0 Å². The second kappa shape index (κ2) is 6.95. The van der Waals surface area contributed by atoms with Crippen LogP contribution in [0.1, 0.15) is 23.1 Å². The summed E-state index contributed by atoms with van der Waals surface area (Å²) in [6, 6.07) is 14.4. The Bertz CT molecular complexity index is 841. The first-order chi connectivity index (χ1) is 11.7. The first-order valence-corrected chi connectivity index (χ1v) is 7.60. The van der Waals surface area contributed by atoms with Gasteiger partial charge in [0, 0.05) is 17.3 Å². The molecule has 1 aromatic carbocycles. The number of nitrogens with zero attached hydrogens (tertiary/aromatic N) is 2. The summed E-state index contributed by atoms with van der Waals surface area (Å²) in [6.07, 6.45) is 0. The third-order valence-electron chi connectivity index (χ3n) is 3.32. The zero-order valence-electron chi connectivity index (χ0n) is 13.4. The van der Waals surface area contributed by atoms with Crippen LogP contribution in [0.5, 0.6) is 5.75 Å². The Hall–Kier alpha value is -3.15. The molecule has 0 aliphatic heterocycles. The molecule has 0 aliphatic rings. The molecule has 0 bridgehead atoms. The Balaban J connectivity index is 1.73. The lowest BCUT2D eigenvalue weighted by Gasteiger charge is -2.02. The van der Waals surface area contributed by atoms with Gasteiger partial charge in [0.25, 0.3) is 5.91 Å². The van der Waals surface area contributed by atoms with E-state index in [-0.39, 0.29) is 11.6 Å². The molecular formula is C18H17N3O3. The van der Waals surface area contributed by atoms with Crippen molar-refractivity contribution < 1.29 is 14.1 Å². The highest BCUT2D eigenvalue weighted by Gasteiger charge is 2.14. The third kappa shape index (κ3) is 3.60. The monoisotopic (exact) mass is 323 g/mol. The predicted molar refractivity (Wildman–Crippen MR) is 90.0 cm³/mol. The number of nitrogens with one attached hydrogen (secondary N) is 1. The Labute approximate surface area is 139 Å². The minimum absolute atomic E-state index is 0.196. The van der Waals surface area contributed by atoms with E-state index in [9.17, 15) is 4.79 Å². The van der Waals surface area contributed by atoms with E-state index in [1.54, 1.807) is 12.1 Å². The molecule has 1 N–H and O–H groups in total. The number of rotatable bonds is 5. The average Bonchev–Trinajstić information content (AvgIpc) is 3.06. The maximum Gasteiger partial charge on any atom is 0.279 e. The van der Waals surface area contributed by atoms with Crippen molar-refractivity contribution in [3.63, 3.8) is 0 Å². The summed E-state index contributed by atoms with van der Waals surface area (Å²) in [5, 5.41) is 6.52. The highest BCUT2D eigenvalue weighted by Crippen LogP contribution is 2.23. The molecule has 0 saturated carbocycles. The Morgan fingerprint density at radius 1 is 1.21 bits per heavy atom. The summed E-state index contributed by atoms with van der Waals surface area (Å²) < 4.78 is 10.7. The molecule has 0 saturated heterocycles. The molecule has 2 aromatic heterocycles. The summed E-state index contributed by atoms with van der Waals surface area (Å²) in [5.41, 5.74) is 1.84. The van der Waals surface area contributed by atoms with Crippen molar-refractivity contribution in [2.45, 2.75) is 13.8 Å². The number of anilines is 1. The second-order valence-corrected chi connectivity index (χ2v) is 5.15. The van der Waals surface area contributed by atoms with E-state index in [0.717, 1.165) is 17.0 Å². The molecule has 1 amide bonds. The average molecular weight is 323 g/mol. The maximum atomic E-state index is 12.2. The maximum absolute atomic E-state index is 12.2. The highest BCUT2D eigenvalue weighted by atomic mass is 16.5. The van der Waals surface area contributed by atoms with Gasteiger partial charge >= 0.3 is 0 Å². The van der Waals surface area contributed by atoms with Gasteiger partial charge in [-0.2, -0.15) is 0 Å². The molecule has 0 radical (unpaired) electrons. The predicted octanol–water partition coefficient (Wildman–Crippen LogP) is 3.70. The van der Waals surface area contributed by atoms with Crippen LogP contribution in [0, 0.1) is 6.92 Å². The number of hydrogen-bond donors (Lipinski definition) is 1. The summed E-state index contributed by atoms with van der Waals surface area (Å²) >= 11 is 0. The fraction of sp³-hybridized carbons (Fsp3) is 0.167. The fourth-order valence-electron chi connectivity index (χ4n) is 2.19. The molecule has 3 aromatic rings. The first-order valence-electron chi connectivity index (χ1n) is 7.60. The van der Waals surface area contributed by atoms with Crippen molar-refractivity contribution >= 4 is 11.7 Å². The molecule has 0 aliphatic carbocycles. The lowest BCUT2D eigenvalue weighted by atomic mass is 10.1. The Morgan fingerprint density at radius 3 is 2.71 bits per heavy atom. The SMILES string of the molecule is CCOc1ccc(-c2cc(C(=O)Nc3cccc(C)n3)no2)cc1. The molecule has 0 unspecified atom stereocenters. The van der Waals surface area contributed by atoms with Crippen molar-refractivity contribution in [2.75, 3.05) is 11.9 Å². The molecule has 6 heteroatoms. The summed E-state index contributed by atoms with van der Waals surface area (Å²) in [6.45, 7) is 4.40. The van der Waals surface area contributed by atoms with E-state index in [2.05, 4.69) is 15.5 Å².